The quantitative estimate of drug-likeness (QED) is 0.726. The third kappa shape index (κ3) is 1.97. The van der Waals surface area contributed by atoms with Crippen LogP contribution in [0, 0.1) is 11.8 Å². The zero-order valence-corrected chi connectivity index (χ0v) is 10.2. The lowest BCUT2D eigenvalue weighted by Crippen LogP contribution is -2.50. The molecule has 1 saturated heterocycles. The van der Waals surface area contributed by atoms with Gasteiger partial charge < -0.3 is 5.32 Å². The summed E-state index contributed by atoms with van der Waals surface area (Å²) in [6, 6.07) is 0. The van der Waals surface area contributed by atoms with Gasteiger partial charge in [-0.2, -0.15) is 0 Å². The largest absolute Gasteiger partial charge is 0.383 e. The van der Waals surface area contributed by atoms with Gasteiger partial charge in [0.15, 0.2) is 0 Å². The maximum absolute atomic E-state index is 3.76. The Hall–Kier alpha value is -0.720. The van der Waals surface area contributed by atoms with Crippen LogP contribution in [0.5, 0.6) is 0 Å². The van der Waals surface area contributed by atoms with Crippen LogP contribution in [0.1, 0.15) is 46.5 Å². The van der Waals surface area contributed by atoms with E-state index in [1.807, 2.05) is 0 Å². The van der Waals surface area contributed by atoms with Crippen molar-refractivity contribution < 1.29 is 0 Å². The first kappa shape index (κ1) is 10.8. The maximum atomic E-state index is 3.76. The standard InChI is InChI=1S/C14H23N/c1-4-11-10-14(3,5-2)15-13-9-7-6-8-12(11)13/h6-7,9,11-12,15H,4-5,8,10H2,1-3H3. The van der Waals surface area contributed by atoms with Gasteiger partial charge in [-0.1, -0.05) is 32.4 Å². The van der Waals surface area contributed by atoms with Crippen LogP contribution >= 0.6 is 0 Å². The van der Waals surface area contributed by atoms with Gasteiger partial charge >= 0.3 is 0 Å². The van der Waals surface area contributed by atoms with Crippen LogP contribution in [0.25, 0.3) is 0 Å². The van der Waals surface area contributed by atoms with Crippen LogP contribution in [0.3, 0.4) is 0 Å². The van der Waals surface area contributed by atoms with E-state index in [0.717, 1.165) is 11.8 Å². The summed E-state index contributed by atoms with van der Waals surface area (Å²) in [5, 5.41) is 3.76. The van der Waals surface area contributed by atoms with Crippen molar-refractivity contribution in [3.63, 3.8) is 0 Å². The minimum Gasteiger partial charge on any atom is -0.383 e. The lowest BCUT2D eigenvalue weighted by Gasteiger charge is -2.46. The molecule has 84 valence electrons. The summed E-state index contributed by atoms with van der Waals surface area (Å²) >= 11 is 0. The van der Waals surface area contributed by atoms with E-state index in [0.29, 0.717) is 5.54 Å². The Morgan fingerprint density at radius 2 is 2.27 bits per heavy atom. The number of nitrogens with one attached hydrogen (secondary N) is 1. The normalized spacial score (nSPS) is 39.3. The molecule has 1 heteroatoms. The van der Waals surface area contributed by atoms with Crippen LogP contribution in [0.4, 0.5) is 0 Å². The molecule has 1 heterocycles. The van der Waals surface area contributed by atoms with Crippen molar-refractivity contribution in [3.05, 3.63) is 23.9 Å². The number of hydrogen-bond acceptors (Lipinski definition) is 1. The van der Waals surface area contributed by atoms with E-state index >= 15 is 0 Å². The molecule has 3 atom stereocenters. The summed E-state index contributed by atoms with van der Waals surface area (Å²) < 4.78 is 0. The van der Waals surface area contributed by atoms with E-state index < -0.39 is 0 Å². The Morgan fingerprint density at radius 1 is 1.47 bits per heavy atom. The highest BCUT2D eigenvalue weighted by Crippen LogP contribution is 2.40. The number of rotatable bonds is 2. The second kappa shape index (κ2) is 4.03. The van der Waals surface area contributed by atoms with E-state index in [1.165, 1.54) is 31.4 Å². The van der Waals surface area contributed by atoms with Gasteiger partial charge in [-0.05, 0) is 38.2 Å². The fourth-order valence-electron chi connectivity index (χ4n) is 3.01. The van der Waals surface area contributed by atoms with Crippen molar-refractivity contribution in [1.29, 1.82) is 0 Å². The molecule has 15 heavy (non-hydrogen) atoms. The zero-order valence-electron chi connectivity index (χ0n) is 10.2. The van der Waals surface area contributed by atoms with Gasteiger partial charge in [-0.3, -0.25) is 0 Å². The first-order valence-corrected chi connectivity index (χ1v) is 6.33. The molecule has 1 fully saturated rings. The van der Waals surface area contributed by atoms with Crippen molar-refractivity contribution >= 4 is 0 Å². The molecule has 1 nitrogen and oxygen atoms in total. The summed E-state index contributed by atoms with van der Waals surface area (Å²) in [4.78, 5) is 0. The van der Waals surface area contributed by atoms with Crippen molar-refractivity contribution in [3.8, 4) is 0 Å². The number of piperidine rings is 1. The molecule has 0 aromatic rings. The third-order valence-electron chi connectivity index (χ3n) is 4.23. The Balaban J connectivity index is 2.23. The lowest BCUT2D eigenvalue weighted by molar-refractivity contribution is 0.176. The fourth-order valence-corrected chi connectivity index (χ4v) is 3.01. The predicted octanol–water partition coefficient (Wildman–Crippen LogP) is 3.63. The Labute approximate surface area is 93.6 Å². The highest BCUT2D eigenvalue weighted by Gasteiger charge is 2.37. The molecule has 1 aliphatic carbocycles. The van der Waals surface area contributed by atoms with Crippen LogP contribution in [0.15, 0.2) is 23.9 Å². The number of allylic oxidation sites excluding steroid dienone is 4. The van der Waals surface area contributed by atoms with Gasteiger partial charge in [-0.15, -0.1) is 0 Å². The van der Waals surface area contributed by atoms with Gasteiger partial charge in [0.2, 0.25) is 0 Å². The van der Waals surface area contributed by atoms with E-state index in [9.17, 15) is 0 Å². The second-order valence-electron chi connectivity index (χ2n) is 5.30. The van der Waals surface area contributed by atoms with Crippen molar-refractivity contribution in [1.82, 2.24) is 5.32 Å². The third-order valence-corrected chi connectivity index (χ3v) is 4.23. The number of fused-ring (bicyclic) bond motifs is 1. The van der Waals surface area contributed by atoms with Crippen molar-refractivity contribution in [2.45, 2.75) is 52.0 Å². The minimum atomic E-state index is 0.328. The fraction of sp³-hybridized carbons (Fsp3) is 0.714. The van der Waals surface area contributed by atoms with Crippen LogP contribution in [-0.2, 0) is 0 Å². The van der Waals surface area contributed by atoms with Gasteiger partial charge in [-0.25, -0.2) is 0 Å². The molecule has 0 radical (unpaired) electrons. The number of hydrogen-bond donors (Lipinski definition) is 1. The summed E-state index contributed by atoms with van der Waals surface area (Å²) in [5.41, 5.74) is 1.81. The molecular formula is C14H23N. The predicted molar refractivity (Wildman–Crippen MR) is 65.6 cm³/mol. The first-order valence-electron chi connectivity index (χ1n) is 6.33. The Kier molecular flexibility index (Phi) is 2.90. The van der Waals surface area contributed by atoms with Crippen molar-refractivity contribution in [2.24, 2.45) is 11.8 Å². The van der Waals surface area contributed by atoms with Crippen LogP contribution < -0.4 is 5.32 Å². The summed E-state index contributed by atoms with van der Waals surface area (Å²) in [7, 11) is 0. The lowest BCUT2D eigenvalue weighted by atomic mass is 9.71. The molecule has 0 aromatic carbocycles. The highest BCUT2D eigenvalue weighted by atomic mass is 15.0. The van der Waals surface area contributed by atoms with E-state index in [-0.39, 0.29) is 0 Å². The average Bonchev–Trinajstić information content (AvgIpc) is 2.28. The van der Waals surface area contributed by atoms with Gasteiger partial charge in [0.25, 0.3) is 0 Å². The molecule has 0 spiro atoms. The minimum absolute atomic E-state index is 0.328. The van der Waals surface area contributed by atoms with Crippen LogP contribution in [-0.4, -0.2) is 5.54 Å². The maximum Gasteiger partial charge on any atom is 0.0343 e. The molecule has 2 rings (SSSR count). The summed E-state index contributed by atoms with van der Waals surface area (Å²) in [5.74, 6) is 1.63. The molecule has 0 saturated carbocycles. The van der Waals surface area contributed by atoms with Gasteiger partial charge in [0.05, 0.1) is 0 Å². The first-order chi connectivity index (χ1) is 7.18. The molecule has 3 unspecified atom stereocenters. The molecule has 0 amide bonds. The van der Waals surface area contributed by atoms with E-state index in [2.05, 4.69) is 44.3 Å². The molecule has 0 aromatic heterocycles. The van der Waals surface area contributed by atoms with Crippen LogP contribution in [0.2, 0.25) is 0 Å². The van der Waals surface area contributed by atoms with Gasteiger partial charge in [0.1, 0.15) is 0 Å². The molecular weight excluding hydrogens is 182 g/mol. The van der Waals surface area contributed by atoms with E-state index in [4.69, 9.17) is 0 Å². The summed E-state index contributed by atoms with van der Waals surface area (Å²) in [6.07, 6.45) is 11.9. The smallest absolute Gasteiger partial charge is 0.0343 e. The Morgan fingerprint density at radius 3 is 2.93 bits per heavy atom. The molecule has 1 N–H and O–H groups in total. The zero-order chi connectivity index (χ0) is 10.9. The monoisotopic (exact) mass is 205 g/mol. The molecule has 1 aliphatic heterocycles. The molecule has 2 aliphatic rings. The van der Waals surface area contributed by atoms with Crippen molar-refractivity contribution in [2.75, 3.05) is 0 Å². The van der Waals surface area contributed by atoms with Gasteiger partial charge in [0, 0.05) is 17.2 Å². The Bertz CT molecular complexity index is 290. The SMILES string of the molecule is CCC1CC(C)(CC)NC2=CC=CCC21. The highest BCUT2D eigenvalue weighted by molar-refractivity contribution is 5.24. The average molecular weight is 205 g/mol. The van der Waals surface area contributed by atoms with E-state index in [1.54, 1.807) is 0 Å². The second-order valence-corrected chi connectivity index (χ2v) is 5.30. The summed E-state index contributed by atoms with van der Waals surface area (Å²) in [6.45, 7) is 6.99. The molecule has 0 bridgehead atoms. The topological polar surface area (TPSA) is 12.0 Å².